The third-order valence-corrected chi connectivity index (χ3v) is 7.79. The van der Waals surface area contributed by atoms with Crippen molar-refractivity contribution in [2.75, 3.05) is 18.0 Å². The number of nitrogens with zero attached hydrogens (tertiary/aromatic N) is 3. The second kappa shape index (κ2) is 11.1. The summed E-state index contributed by atoms with van der Waals surface area (Å²) >= 11 is 2.17. The maximum Gasteiger partial charge on any atom is 0.257 e. The molecule has 1 unspecified atom stereocenters. The Morgan fingerprint density at radius 1 is 0.919 bits per heavy atom. The summed E-state index contributed by atoms with van der Waals surface area (Å²) in [5.41, 5.74) is 2.04. The summed E-state index contributed by atoms with van der Waals surface area (Å²) in [6.07, 6.45) is 1.30. The Labute approximate surface area is 229 Å². The van der Waals surface area contributed by atoms with Crippen molar-refractivity contribution in [3.63, 3.8) is 0 Å². The molecule has 2 heterocycles. The van der Waals surface area contributed by atoms with E-state index in [-0.39, 0.29) is 24.3 Å². The number of imide groups is 1. The fraction of sp³-hybridized carbons (Fsp3) is 0.276. The molecule has 0 bridgehead atoms. The molecule has 3 aromatic rings. The van der Waals surface area contributed by atoms with E-state index >= 15 is 0 Å². The van der Waals surface area contributed by atoms with Gasteiger partial charge in [0.15, 0.2) is 0 Å². The Balaban J connectivity index is 1.39. The summed E-state index contributed by atoms with van der Waals surface area (Å²) in [6, 6.07) is 21.7. The normalized spacial score (nSPS) is 18.9. The third-order valence-electron chi connectivity index (χ3n) is 7.07. The number of hydrogen-bond acceptors (Lipinski definition) is 4. The summed E-state index contributed by atoms with van der Waals surface area (Å²) in [4.78, 5) is 45.5. The molecule has 3 aromatic carbocycles. The van der Waals surface area contributed by atoms with Gasteiger partial charge in [-0.1, -0.05) is 30.3 Å². The Bertz CT molecular complexity index is 1280. The molecule has 1 atom stereocenters. The van der Waals surface area contributed by atoms with Crippen LogP contribution in [0.1, 0.15) is 35.2 Å². The van der Waals surface area contributed by atoms with Gasteiger partial charge in [0.2, 0.25) is 5.91 Å². The van der Waals surface area contributed by atoms with Crippen LogP contribution in [0.5, 0.6) is 0 Å². The fourth-order valence-electron chi connectivity index (χ4n) is 5.20. The van der Waals surface area contributed by atoms with Crippen LogP contribution in [0.25, 0.3) is 0 Å². The average molecular weight is 611 g/mol. The van der Waals surface area contributed by atoms with Crippen molar-refractivity contribution in [2.45, 2.75) is 37.9 Å². The molecular weight excluding hydrogens is 584 g/mol. The van der Waals surface area contributed by atoms with Gasteiger partial charge >= 0.3 is 0 Å². The van der Waals surface area contributed by atoms with Crippen molar-refractivity contribution in [3.05, 3.63) is 99.4 Å². The first kappa shape index (κ1) is 25.5. The van der Waals surface area contributed by atoms with Crippen LogP contribution in [0.15, 0.2) is 78.9 Å². The molecule has 3 amide bonds. The largest absolute Gasteiger partial charge is 0.323 e. The minimum Gasteiger partial charge on any atom is -0.323 e. The van der Waals surface area contributed by atoms with Crippen LogP contribution >= 0.6 is 22.6 Å². The average Bonchev–Trinajstić information content (AvgIpc) is 3.20. The van der Waals surface area contributed by atoms with E-state index in [1.165, 1.54) is 34.7 Å². The van der Waals surface area contributed by atoms with Crippen molar-refractivity contribution in [3.8, 4) is 0 Å². The highest BCUT2D eigenvalue weighted by molar-refractivity contribution is 14.1. The van der Waals surface area contributed by atoms with Crippen LogP contribution < -0.4 is 4.90 Å². The SMILES string of the molecule is O=C1CC(N(C(=O)c2ccc(F)cc2)C2CCN(Cc3ccccc3)CC2)C(=O)N1c1ccc(I)cc1. The molecule has 8 heteroatoms. The van der Waals surface area contributed by atoms with E-state index in [0.717, 1.165) is 23.2 Å². The molecule has 2 aliphatic heterocycles. The molecule has 2 fully saturated rings. The zero-order valence-electron chi connectivity index (χ0n) is 20.2. The number of anilines is 1. The summed E-state index contributed by atoms with van der Waals surface area (Å²) in [5.74, 6) is -1.51. The molecule has 0 N–H and O–H groups in total. The van der Waals surface area contributed by atoms with Crippen LogP contribution in [0, 0.1) is 9.39 Å². The lowest BCUT2D eigenvalue weighted by Crippen LogP contribution is -2.54. The highest BCUT2D eigenvalue weighted by Crippen LogP contribution is 2.31. The monoisotopic (exact) mass is 611 g/mol. The number of carbonyl (C=O) groups excluding carboxylic acids is 3. The van der Waals surface area contributed by atoms with Crippen molar-refractivity contribution in [2.24, 2.45) is 0 Å². The number of amides is 3. The van der Waals surface area contributed by atoms with Gasteiger partial charge in [-0.2, -0.15) is 0 Å². The lowest BCUT2D eigenvalue weighted by molar-refractivity contribution is -0.123. The molecular formula is C29H27FIN3O3. The second-order valence-corrected chi connectivity index (χ2v) is 10.7. The van der Waals surface area contributed by atoms with Gasteiger partial charge in [0.25, 0.3) is 11.8 Å². The molecule has 6 nitrogen and oxygen atoms in total. The Morgan fingerprint density at radius 3 is 2.22 bits per heavy atom. The quantitative estimate of drug-likeness (QED) is 0.295. The maximum atomic E-state index is 13.8. The molecule has 190 valence electrons. The second-order valence-electron chi connectivity index (χ2n) is 9.48. The zero-order valence-corrected chi connectivity index (χ0v) is 22.4. The smallest absolute Gasteiger partial charge is 0.257 e. The van der Waals surface area contributed by atoms with Gasteiger partial charge in [0, 0.05) is 34.8 Å². The van der Waals surface area contributed by atoms with Gasteiger partial charge in [-0.05, 0) is 89.5 Å². The molecule has 2 aliphatic rings. The molecule has 0 aromatic heterocycles. The summed E-state index contributed by atoms with van der Waals surface area (Å²) in [5, 5.41) is 0. The minimum atomic E-state index is -0.894. The lowest BCUT2D eigenvalue weighted by atomic mass is 9.98. The molecule has 5 rings (SSSR count). The summed E-state index contributed by atoms with van der Waals surface area (Å²) in [7, 11) is 0. The van der Waals surface area contributed by atoms with Gasteiger partial charge in [-0.25, -0.2) is 9.29 Å². The van der Waals surface area contributed by atoms with Crippen LogP contribution in [0.4, 0.5) is 10.1 Å². The summed E-state index contributed by atoms with van der Waals surface area (Å²) < 4.78 is 14.6. The Hall–Kier alpha value is -3.11. The third kappa shape index (κ3) is 5.60. The number of halogens is 2. The predicted octanol–water partition coefficient (Wildman–Crippen LogP) is 4.87. The van der Waals surface area contributed by atoms with Gasteiger partial charge in [0.05, 0.1) is 12.1 Å². The first-order valence-corrected chi connectivity index (χ1v) is 13.5. The maximum absolute atomic E-state index is 13.8. The number of piperidine rings is 1. The van der Waals surface area contributed by atoms with E-state index in [0.29, 0.717) is 24.1 Å². The Morgan fingerprint density at radius 2 is 1.57 bits per heavy atom. The molecule has 0 radical (unpaired) electrons. The van der Waals surface area contributed by atoms with E-state index < -0.39 is 17.8 Å². The molecule has 2 saturated heterocycles. The van der Waals surface area contributed by atoms with Crippen LogP contribution in [0.3, 0.4) is 0 Å². The van der Waals surface area contributed by atoms with Gasteiger partial charge in [-0.3, -0.25) is 19.3 Å². The summed E-state index contributed by atoms with van der Waals surface area (Å²) in [6.45, 7) is 2.35. The van der Waals surface area contributed by atoms with Gasteiger partial charge < -0.3 is 4.90 Å². The first-order valence-electron chi connectivity index (χ1n) is 12.4. The van der Waals surface area contributed by atoms with Crippen molar-refractivity contribution in [1.82, 2.24) is 9.80 Å². The molecule has 0 aliphatic carbocycles. The topological polar surface area (TPSA) is 60.9 Å². The first-order chi connectivity index (χ1) is 17.9. The van der Waals surface area contributed by atoms with E-state index in [4.69, 9.17) is 0 Å². The molecule has 0 spiro atoms. The highest BCUT2D eigenvalue weighted by atomic mass is 127. The van der Waals surface area contributed by atoms with Crippen molar-refractivity contribution < 1.29 is 18.8 Å². The van der Waals surface area contributed by atoms with Crippen LogP contribution in [0.2, 0.25) is 0 Å². The van der Waals surface area contributed by atoms with Crippen molar-refractivity contribution in [1.29, 1.82) is 0 Å². The van der Waals surface area contributed by atoms with E-state index in [1.54, 1.807) is 17.0 Å². The van der Waals surface area contributed by atoms with Gasteiger partial charge in [-0.15, -0.1) is 0 Å². The zero-order chi connectivity index (χ0) is 25.9. The van der Waals surface area contributed by atoms with Crippen LogP contribution in [-0.2, 0) is 16.1 Å². The lowest BCUT2D eigenvalue weighted by Gasteiger charge is -2.40. The predicted molar refractivity (Wildman–Crippen MR) is 147 cm³/mol. The standard InChI is InChI=1S/C29H27FIN3O3/c30-22-8-6-21(7-9-22)28(36)33(25-14-16-32(17-15-25)19-20-4-2-1-3-5-20)26-18-27(35)34(29(26)37)24-12-10-23(31)11-13-24/h1-13,25-26H,14-19H2. The number of hydrogen-bond donors (Lipinski definition) is 0. The number of benzene rings is 3. The van der Waals surface area contributed by atoms with Gasteiger partial charge in [0.1, 0.15) is 11.9 Å². The number of carbonyl (C=O) groups is 3. The van der Waals surface area contributed by atoms with Crippen LogP contribution in [-0.4, -0.2) is 52.7 Å². The molecule has 0 saturated carbocycles. The Kier molecular flexibility index (Phi) is 7.66. The van der Waals surface area contributed by atoms with E-state index in [1.807, 2.05) is 30.3 Å². The number of likely N-dealkylation sites (tertiary alicyclic amines) is 1. The number of rotatable bonds is 6. The fourth-order valence-corrected chi connectivity index (χ4v) is 5.55. The highest BCUT2D eigenvalue weighted by Gasteiger charge is 2.47. The van der Waals surface area contributed by atoms with E-state index in [9.17, 15) is 18.8 Å². The van der Waals surface area contributed by atoms with Crippen molar-refractivity contribution >= 4 is 46.0 Å². The molecule has 37 heavy (non-hydrogen) atoms. The van der Waals surface area contributed by atoms with E-state index in [2.05, 4.69) is 39.6 Å². The minimum absolute atomic E-state index is 0.0675.